The number of nitrogens with zero attached hydrogens (tertiary/aromatic N) is 1. The zero-order valence-corrected chi connectivity index (χ0v) is 23.8. The molecule has 39 heavy (non-hydrogen) atoms. The lowest BCUT2D eigenvalue weighted by Gasteiger charge is -2.27. The number of benzene rings is 5. The van der Waals surface area contributed by atoms with Crippen molar-refractivity contribution in [3.05, 3.63) is 150 Å². The van der Waals surface area contributed by atoms with Gasteiger partial charge in [0, 0.05) is 26.7 Å². The van der Waals surface area contributed by atoms with Gasteiger partial charge in [0.25, 0.3) is 0 Å². The first-order valence-corrected chi connectivity index (χ1v) is 15.4. The summed E-state index contributed by atoms with van der Waals surface area (Å²) >= 11 is 3.53. The van der Waals surface area contributed by atoms with E-state index in [0.717, 1.165) is 28.2 Å². The maximum Gasteiger partial charge on any atom is 0.0540 e. The lowest BCUT2D eigenvalue weighted by Crippen LogP contribution is -2.11. The van der Waals surface area contributed by atoms with E-state index < -0.39 is 0 Å². The molecule has 0 amide bonds. The maximum absolute atomic E-state index is 2.34. The standard InChI is InChI=1S/C36H31NS2/c1-38-33-19-9-12-28(26-33)22-24-30-14-11-21-36(35(30)25-23-29-13-10-20-34(27-29)39-2)37(31-15-5-3-6-16-31)32-17-7-4-8-18-32/h3-27H,1-2H3. The molecule has 0 aliphatic heterocycles. The van der Waals surface area contributed by atoms with Crippen LogP contribution in [0.15, 0.2) is 137 Å². The lowest BCUT2D eigenvalue weighted by atomic mass is 10.00. The third-order valence-corrected chi connectivity index (χ3v) is 7.92. The number of hydrogen-bond donors (Lipinski definition) is 0. The molecule has 5 rings (SSSR count). The predicted molar refractivity (Wildman–Crippen MR) is 175 cm³/mol. The van der Waals surface area contributed by atoms with Crippen LogP contribution < -0.4 is 4.90 Å². The summed E-state index contributed by atoms with van der Waals surface area (Å²) in [6.45, 7) is 0. The first-order valence-electron chi connectivity index (χ1n) is 12.9. The molecular weight excluding hydrogens is 511 g/mol. The molecule has 3 heteroatoms. The van der Waals surface area contributed by atoms with Gasteiger partial charge in [-0.05, 0) is 83.8 Å². The Morgan fingerprint density at radius 1 is 0.487 bits per heavy atom. The highest BCUT2D eigenvalue weighted by atomic mass is 32.2. The number of hydrogen-bond acceptors (Lipinski definition) is 3. The van der Waals surface area contributed by atoms with Crippen LogP contribution in [0.5, 0.6) is 0 Å². The third-order valence-electron chi connectivity index (χ3n) is 6.47. The molecule has 0 aliphatic rings. The number of anilines is 3. The second-order valence-electron chi connectivity index (χ2n) is 9.01. The van der Waals surface area contributed by atoms with Gasteiger partial charge in [0.2, 0.25) is 0 Å². The summed E-state index contributed by atoms with van der Waals surface area (Å²) in [4.78, 5) is 4.86. The summed E-state index contributed by atoms with van der Waals surface area (Å²) in [5.74, 6) is 0. The highest BCUT2D eigenvalue weighted by Gasteiger charge is 2.16. The van der Waals surface area contributed by atoms with Gasteiger partial charge in [-0.15, -0.1) is 23.5 Å². The first kappa shape index (κ1) is 26.7. The van der Waals surface area contributed by atoms with Crippen LogP contribution >= 0.6 is 23.5 Å². The Morgan fingerprint density at radius 3 is 1.54 bits per heavy atom. The first-order chi connectivity index (χ1) is 19.2. The van der Waals surface area contributed by atoms with Crippen molar-refractivity contribution < 1.29 is 0 Å². The molecule has 5 aromatic carbocycles. The van der Waals surface area contributed by atoms with E-state index >= 15 is 0 Å². The monoisotopic (exact) mass is 541 g/mol. The smallest absolute Gasteiger partial charge is 0.0540 e. The summed E-state index contributed by atoms with van der Waals surface area (Å²) in [6, 6.07) is 45.1. The van der Waals surface area contributed by atoms with Crippen LogP contribution in [0.4, 0.5) is 17.1 Å². The zero-order chi connectivity index (χ0) is 26.9. The van der Waals surface area contributed by atoms with Crippen molar-refractivity contribution in [3.63, 3.8) is 0 Å². The maximum atomic E-state index is 2.34. The average Bonchev–Trinajstić information content (AvgIpc) is 3.01. The second kappa shape index (κ2) is 13.2. The highest BCUT2D eigenvalue weighted by molar-refractivity contribution is 7.98. The lowest BCUT2D eigenvalue weighted by molar-refractivity contribution is 1.27. The Hall–Kier alpha value is -3.92. The summed E-state index contributed by atoms with van der Waals surface area (Å²) in [5.41, 5.74) is 8.08. The quantitative estimate of drug-likeness (QED) is 0.135. The molecule has 0 spiro atoms. The van der Waals surface area contributed by atoms with Crippen molar-refractivity contribution >= 4 is 64.9 Å². The summed E-state index contributed by atoms with van der Waals surface area (Å²) in [5, 5.41) is 0. The Labute approximate surface area is 240 Å². The second-order valence-corrected chi connectivity index (χ2v) is 10.8. The molecule has 0 saturated carbocycles. The van der Waals surface area contributed by atoms with Crippen molar-refractivity contribution in [1.29, 1.82) is 0 Å². The van der Waals surface area contributed by atoms with Gasteiger partial charge in [0.05, 0.1) is 5.69 Å². The molecule has 192 valence electrons. The fourth-order valence-electron chi connectivity index (χ4n) is 4.53. The molecule has 0 aliphatic carbocycles. The van der Waals surface area contributed by atoms with E-state index in [0.29, 0.717) is 0 Å². The minimum absolute atomic E-state index is 1.12. The molecule has 0 heterocycles. The molecule has 0 atom stereocenters. The summed E-state index contributed by atoms with van der Waals surface area (Å²) < 4.78 is 0. The molecule has 0 saturated heterocycles. The number of thioether (sulfide) groups is 2. The van der Waals surface area contributed by atoms with Crippen LogP contribution in [0, 0.1) is 0 Å². The van der Waals surface area contributed by atoms with Crippen LogP contribution in [-0.4, -0.2) is 12.5 Å². The Balaban J connectivity index is 1.66. The Kier molecular flexibility index (Phi) is 9.05. The van der Waals surface area contributed by atoms with Gasteiger partial charge in [-0.25, -0.2) is 0 Å². The van der Waals surface area contributed by atoms with Crippen molar-refractivity contribution in [2.45, 2.75) is 9.79 Å². The number of para-hydroxylation sites is 2. The molecule has 0 fully saturated rings. The SMILES string of the molecule is CSc1cccc(C=Cc2cccc(N(c3ccccc3)c3ccccc3)c2C=Cc2cccc(SC)c2)c1. The van der Waals surface area contributed by atoms with Crippen LogP contribution in [0.25, 0.3) is 24.3 Å². The molecule has 0 aromatic heterocycles. The van der Waals surface area contributed by atoms with Gasteiger partial charge in [0.15, 0.2) is 0 Å². The van der Waals surface area contributed by atoms with Crippen molar-refractivity contribution in [2.75, 3.05) is 17.4 Å². The molecule has 0 unspecified atom stereocenters. The van der Waals surface area contributed by atoms with Crippen molar-refractivity contribution in [2.24, 2.45) is 0 Å². The minimum Gasteiger partial charge on any atom is -0.310 e. The minimum atomic E-state index is 1.12. The van der Waals surface area contributed by atoms with Crippen molar-refractivity contribution in [3.8, 4) is 0 Å². The molecule has 0 radical (unpaired) electrons. The third kappa shape index (κ3) is 6.75. The van der Waals surface area contributed by atoms with Gasteiger partial charge in [0.1, 0.15) is 0 Å². The Morgan fingerprint density at radius 2 is 1.00 bits per heavy atom. The average molecular weight is 542 g/mol. The van der Waals surface area contributed by atoms with E-state index in [1.54, 1.807) is 23.5 Å². The highest BCUT2D eigenvalue weighted by Crippen LogP contribution is 2.39. The van der Waals surface area contributed by atoms with Crippen molar-refractivity contribution in [1.82, 2.24) is 0 Å². The van der Waals surface area contributed by atoms with E-state index in [2.05, 4.69) is 169 Å². The van der Waals surface area contributed by atoms with Gasteiger partial charge >= 0.3 is 0 Å². The fraction of sp³-hybridized carbons (Fsp3) is 0.0556. The van der Waals surface area contributed by atoms with E-state index in [1.165, 1.54) is 20.9 Å². The predicted octanol–water partition coefficient (Wildman–Crippen LogP) is 10.9. The molecule has 5 aromatic rings. The summed E-state index contributed by atoms with van der Waals surface area (Å²) in [7, 11) is 0. The van der Waals surface area contributed by atoms with Gasteiger partial charge in [-0.1, -0.05) is 97.1 Å². The molecule has 0 N–H and O–H groups in total. The number of rotatable bonds is 9. The normalized spacial score (nSPS) is 11.3. The largest absolute Gasteiger partial charge is 0.310 e. The zero-order valence-electron chi connectivity index (χ0n) is 22.2. The van der Waals surface area contributed by atoms with E-state index in [4.69, 9.17) is 0 Å². The topological polar surface area (TPSA) is 3.24 Å². The fourth-order valence-corrected chi connectivity index (χ4v) is 5.47. The van der Waals surface area contributed by atoms with Gasteiger partial charge < -0.3 is 4.90 Å². The van der Waals surface area contributed by atoms with Crippen LogP contribution in [0.1, 0.15) is 22.3 Å². The molecular formula is C36H31NS2. The van der Waals surface area contributed by atoms with Crippen LogP contribution in [0.2, 0.25) is 0 Å². The van der Waals surface area contributed by atoms with Gasteiger partial charge in [-0.2, -0.15) is 0 Å². The molecule has 0 bridgehead atoms. The van der Waals surface area contributed by atoms with Crippen LogP contribution in [0.3, 0.4) is 0 Å². The van der Waals surface area contributed by atoms with E-state index in [9.17, 15) is 0 Å². The van der Waals surface area contributed by atoms with E-state index in [1.807, 2.05) is 0 Å². The summed E-state index contributed by atoms with van der Waals surface area (Å²) in [6.07, 6.45) is 13.1. The molecule has 1 nitrogen and oxygen atoms in total. The van der Waals surface area contributed by atoms with Crippen LogP contribution in [-0.2, 0) is 0 Å². The Bertz CT molecular complexity index is 1530. The van der Waals surface area contributed by atoms with Gasteiger partial charge in [-0.3, -0.25) is 0 Å². The van der Waals surface area contributed by atoms with E-state index in [-0.39, 0.29) is 0 Å².